The van der Waals surface area contributed by atoms with E-state index in [9.17, 15) is 8.78 Å². The van der Waals surface area contributed by atoms with Crippen molar-refractivity contribution in [3.8, 4) is 0 Å². The first kappa shape index (κ1) is 13.5. The van der Waals surface area contributed by atoms with E-state index in [4.69, 9.17) is 0 Å². The van der Waals surface area contributed by atoms with E-state index in [0.29, 0.717) is 5.56 Å². The fourth-order valence-corrected chi connectivity index (χ4v) is 3.34. The fraction of sp³-hybridized carbons (Fsp3) is 0.222. The van der Waals surface area contributed by atoms with Crippen molar-refractivity contribution in [2.75, 3.05) is 6.54 Å². The van der Waals surface area contributed by atoms with Crippen LogP contribution in [0.5, 0.6) is 0 Å². The summed E-state index contributed by atoms with van der Waals surface area (Å²) in [5.41, 5.74) is 4.73. The Hall–Kier alpha value is -2.20. The minimum atomic E-state index is -0.419. The molecular weight excluding hydrogens is 282 g/mol. The van der Waals surface area contributed by atoms with Crippen molar-refractivity contribution < 1.29 is 8.78 Å². The number of H-pyrrole nitrogens is 1. The van der Waals surface area contributed by atoms with E-state index in [1.165, 1.54) is 28.6 Å². The molecule has 1 aromatic heterocycles. The molecule has 0 bridgehead atoms. The summed E-state index contributed by atoms with van der Waals surface area (Å²) in [7, 11) is 0. The number of aromatic amines is 1. The summed E-state index contributed by atoms with van der Waals surface area (Å²) in [6, 6.07) is 9.52. The lowest BCUT2D eigenvalue weighted by Gasteiger charge is -2.25. The molecule has 0 spiro atoms. The molecular formula is C18H16F2N2. The van der Waals surface area contributed by atoms with Gasteiger partial charge in [0, 0.05) is 28.7 Å². The molecule has 0 saturated heterocycles. The second kappa shape index (κ2) is 4.92. The number of rotatable bonds is 1. The van der Waals surface area contributed by atoms with Gasteiger partial charge in [0.15, 0.2) is 0 Å². The van der Waals surface area contributed by atoms with Crippen LogP contribution in [0.4, 0.5) is 8.78 Å². The Labute approximate surface area is 127 Å². The molecule has 1 aliphatic heterocycles. The maximum atomic E-state index is 14.1. The summed E-state index contributed by atoms with van der Waals surface area (Å²) in [5.74, 6) is -0.807. The zero-order valence-corrected chi connectivity index (χ0v) is 12.2. The van der Waals surface area contributed by atoms with Gasteiger partial charge in [-0.2, -0.15) is 0 Å². The van der Waals surface area contributed by atoms with Gasteiger partial charge in [-0.1, -0.05) is 11.6 Å². The number of hydrogen-bond donors (Lipinski definition) is 2. The highest BCUT2D eigenvalue weighted by Gasteiger charge is 2.27. The number of aromatic nitrogens is 1. The van der Waals surface area contributed by atoms with Gasteiger partial charge in [0.25, 0.3) is 0 Å². The maximum absolute atomic E-state index is 14.1. The summed E-state index contributed by atoms with van der Waals surface area (Å²) < 4.78 is 27.7. The molecule has 2 N–H and O–H groups in total. The molecule has 1 aliphatic rings. The number of nitrogens with one attached hydrogen (secondary N) is 2. The molecule has 2 nitrogen and oxygen atoms in total. The molecule has 22 heavy (non-hydrogen) atoms. The van der Waals surface area contributed by atoms with Gasteiger partial charge >= 0.3 is 0 Å². The third-order valence-electron chi connectivity index (χ3n) is 4.38. The summed E-state index contributed by atoms with van der Waals surface area (Å²) in [5, 5.41) is 4.48. The Morgan fingerprint density at radius 1 is 1.09 bits per heavy atom. The number of aryl methyl sites for hydroxylation is 1. The van der Waals surface area contributed by atoms with Crippen molar-refractivity contribution in [2.24, 2.45) is 0 Å². The van der Waals surface area contributed by atoms with Crippen molar-refractivity contribution in [3.63, 3.8) is 0 Å². The maximum Gasteiger partial charge on any atom is 0.128 e. The van der Waals surface area contributed by atoms with E-state index in [0.717, 1.165) is 30.2 Å². The van der Waals surface area contributed by atoms with E-state index >= 15 is 0 Å². The molecule has 0 fully saturated rings. The number of hydrogen-bond acceptors (Lipinski definition) is 1. The van der Waals surface area contributed by atoms with Crippen molar-refractivity contribution in [1.82, 2.24) is 10.3 Å². The first-order chi connectivity index (χ1) is 10.6. The quantitative estimate of drug-likeness (QED) is 0.698. The lowest BCUT2D eigenvalue weighted by atomic mass is 9.93. The minimum absolute atomic E-state index is 0.341. The Bertz CT molecular complexity index is 867. The normalized spacial score (nSPS) is 17.7. The Balaban J connectivity index is 1.92. The lowest BCUT2D eigenvalue weighted by molar-refractivity contribution is 0.514. The van der Waals surface area contributed by atoms with Gasteiger partial charge in [-0.05, 0) is 49.2 Å². The van der Waals surface area contributed by atoms with Crippen LogP contribution in [-0.2, 0) is 6.42 Å². The van der Waals surface area contributed by atoms with Crippen LogP contribution >= 0.6 is 0 Å². The molecule has 0 saturated carbocycles. The predicted molar refractivity (Wildman–Crippen MR) is 82.9 cm³/mol. The number of fused-ring (bicyclic) bond motifs is 3. The van der Waals surface area contributed by atoms with E-state index in [-0.39, 0.29) is 11.9 Å². The zero-order valence-electron chi connectivity index (χ0n) is 12.2. The minimum Gasteiger partial charge on any atom is -0.357 e. The smallest absolute Gasteiger partial charge is 0.128 e. The van der Waals surface area contributed by atoms with Crippen LogP contribution < -0.4 is 5.32 Å². The third kappa shape index (κ3) is 2.03. The third-order valence-corrected chi connectivity index (χ3v) is 4.38. The molecule has 2 heterocycles. The van der Waals surface area contributed by atoms with Crippen LogP contribution in [0.25, 0.3) is 10.9 Å². The molecule has 112 valence electrons. The predicted octanol–water partition coefficient (Wildman–Crippen LogP) is 3.99. The Morgan fingerprint density at radius 3 is 2.82 bits per heavy atom. The second-order valence-corrected chi connectivity index (χ2v) is 5.87. The Morgan fingerprint density at radius 2 is 1.95 bits per heavy atom. The molecule has 2 aromatic carbocycles. The van der Waals surface area contributed by atoms with Crippen LogP contribution in [0.3, 0.4) is 0 Å². The van der Waals surface area contributed by atoms with Crippen LogP contribution in [0.2, 0.25) is 0 Å². The molecule has 1 atom stereocenters. The molecule has 4 rings (SSSR count). The van der Waals surface area contributed by atoms with Gasteiger partial charge in [-0.3, -0.25) is 0 Å². The highest BCUT2D eigenvalue weighted by molar-refractivity contribution is 5.86. The van der Waals surface area contributed by atoms with Gasteiger partial charge in [0.2, 0.25) is 0 Å². The SMILES string of the molecule is Cc1ccc2[nH]c3c(c2c1)CCNC3c1cc(F)ccc1F. The molecule has 0 aliphatic carbocycles. The molecule has 4 heteroatoms. The average Bonchev–Trinajstić information content (AvgIpc) is 2.88. The van der Waals surface area contributed by atoms with Crippen molar-refractivity contribution >= 4 is 10.9 Å². The average molecular weight is 298 g/mol. The van der Waals surface area contributed by atoms with Crippen LogP contribution in [-0.4, -0.2) is 11.5 Å². The van der Waals surface area contributed by atoms with Crippen LogP contribution in [0.15, 0.2) is 36.4 Å². The largest absolute Gasteiger partial charge is 0.357 e. The van der Waals surface area contributed by atoms with Gasteiger partial charge < -0.3 is 10.3 Å². The highest BCUT2D eigenvalue weighted by atomic mass is 19.1. The zero-order chi connectivity index (χ0) is 15.3. The van der Waals surface area contributed by atoms with Crippen LogP contribution in [0.1, 0.15) is 28.4 Å². The topological polar surface area (TPSA) is 27.8 Å². The number of halogens is 2. The molecule has 0 radical (unpaired) electrons. The summed E-state index contributed by atoms with van der Waals surface area (Å²) >= 11 is 0. The summed E-state index contributed by atoms with van der Waals surface area (Å²) in [6.07, 6.45) is 0.881. The van der Waals surface area contributed by atoms with Crippen molar-refractivity contribution in [3.05, 3.63) is 70.4 Å². The second-order valence-electron chi connectivity index (χ2n) is 5.87. The van der Waals surface area contributed by atoms with E-state index in [1.54, 1.807) is 0 Å². The summed E-state index contributed by atoms with van der Waals surface area (Å²) in [6.45, 7) is 2.80. The molecule has 0 amide bonds. The molecule has 3 aromatic rings. The van der Waals surface area contributed by atoms with Crippen molar-refractivity contribution in [2.45, 2.75) is 19.4 Å². The van der Waals surface area contributed by atoms with Gasteiger partial charge in [-0.25, -0.2) is 8.78 Å². The monoisotopic (exact) mass is 298 g/mol. The van der Waals surface area contributed by atoms with Gasteiger partial charge in [0.1, 0.15) is 11.6 Å². The van der Waals surface area contributed by atoms with Gasteiger partial charge in [-0.15, -0.1) is 0 Å². The fourth-order valence-electron chi connectivity index (χ4n) is 3.34. The van der Waals surface area contributed by atoms with Crippen molar-refractivity contribution in [1.29, 1.82) is 0 Å². The highest BCUT2D eigenvalue weighted by Crippen LogP contribution is 2.34. The summed E-state index contributed by atoms with van der Waals surface area (Å²) in [4.78, 5) is 3.39. The Kier molecular flexibility index (Phi) is 3.01. The van der Waals surface area contributed by atoms with E-state index in [1.807, 2.05) is 6.07 Å². The first-order valence-electron chi connectivity index (χ1n) is 7.43. The van der Waals surface area contributed by atoms with Crippen LogP contribution in [0, 0.1) is 18.6 Å². The standard InChI is InChI=1S/C18H16F2N2/c1-10-2-5-16-13(8-10)12-6-7-21-17(18(12)22-16)14-9-11(19)3-4-15(14)20/h2-5,8-9,17,21-22H,6-7H2,1H3. The lowest BCUT2D eigenvalue weighted by Crippen LogP contribution is -2.31. The molecule has 1 unspecified atom stereocenters. The van der Waals surface area contributed by atoms with E-state index < -0.39 is 5.82 Å². The van der Waals surface area contributed by atoms with E-state index in [2.05, 4.69) is 29.4 Å². The first-order valence-corrected chi connectivity index (χ1v) is 7.43. The van der Waals surface area contributed by atoms with Gasteiger partial charge in [0.05, 0.1) is 6.04 Å². The number of benzene rings is 2.